The summed E-state index contributed by atoms with van der Waals surface area (Å²) in [4.78, 5) is 26.3. The fraction of sp³-hybridized carbons (Fsp3) is 0.333. The van der Waals surface area contributed by atoms with Crippen LogP contribution in [0.25, 0.3) is 0 Å². The lowest BCUT2D eigenvalue weighted by Crippen LogP contribution is -2.51. The van der Waals surface area contributed by atoms with Crippen LogP contribution in [0.5, 0.6) is 0 Å². The van der Waals surface area contributed by atoms with Crippen LogP contribution in [0.4, 0.5) is 5.69 Å². The second-order valence-electron chi connectivity index (χ2n) is 4.34. The van der Waals surface area contributed by atoms with Gasteiger partial charge in [-0.1, -0.05) is 17.7 Å². The van der Waals surface area contributed by atoms with Gasteiger partial charge in [0.25, 0.3) is 0 Å². The van der Waals surface area contributed by atoms with E-state index in [0.717, 1.165) is 5.56 Å². The first-order valence-corrected chi connectivity index (χ1v) is 5.91. The van der Waals surface area contributed by atoms with E-state index in [0.29, 0.717) is 17.3 Å². The van der Waals surface area contributed by atoms with Crippen LogP contribution in [0.3, 0.4) is 0 Å². The molecular weight excluding hydrogens is 254 g/mol. The Balaban J connectivity index is 2.13. The van der Waals surface area contributed by atoms with Crippen molar-refractivity contribution in [1.82, 2.24) is 9.80 Å². The number of benzene rings is 1. The SMILES string of the molecule is CN1CC(=O)N(Cc2ccc(Cl)cc2N)CC1=O. The zero-order valence-electron chi connectivity index (χ0n) is 10.0. The molecule has 5 nitrogen and oxygen atoms in total. The summed E-state index contributed by atoms with van der Waals surface area (Å²) in [6.07, 6.45) is 0. The van der Waals surface area contributed by atoms with E-state index >= 15 is 0 Å². The fourth-order valence-corrected chi connectivity index (χ4v) is 2.00. The molecule has 96 valence electrons. The highest BCUT2D eigenvalue weighted by Crippen LogP contribution is 2.20. The molecule has 1 aliphatic rings. The number of nitrogen functional groups attached to an aromatic ring is 1. The number of amides is 2. The molecule has 0 radical (unpaired) electrons. The quantitative estimate of drug-likeness (QED) is 0.803. The summed E-state index contributed by atoms with van der Waals surface area (Å²) in [5.74, 6) is -0.145. The van der Waals surface area contributed by atoms with Crippen molar-refractivity contribution in [2.45, 2.75) is 6.54 Å². The van der Waals surface area contributed by atoms with Gasteiger partial charge < -0.3 is 15.5 Å². The van der Waals surface area contributed by atoms with E-state index in [4.69, 9.17) is 17.3 Å². The molecule has 18 heavy (non-hydrogen) atoms. The van der Waals surface area contributed by atoms with Gasteiger partial charge in [-0.05, 0) is 17.7 Å². The Labute approximate surface area is 110 Å². The highest BCUT2D eigenvalue weighted by Gasteiger charge is 2.27. The maximum atomic E-state index is 11.8. The molecule has 0 spiro atoms. The Hall–Kier alpha value is -1.75. The van der Waals surface area contributed by atoms with Crippen molar-refractivity contribution in [3.63, 3.8) is 0 Å². The molecule has 1 aromatic carbocycles. The van der Waals surface area contributed by atoms with Gasteiger partial charge in [-0.2, -0.15) is 0 Å². The number of nitrogens with two attached hydrogens (primary N) is 1. The van der Waals surface area contributed by atoms with Gasteiger partial charge in [-0.3, -0.25) is 9.59 Å². The number of halogens is 1. The molecule has 2 amide bonds. The molecule has 1 saturated heterocycles. The van der Waals surface area contributed by atoms with Crippen LogP contribution >= 0.6 is 11.6 Å². The highest BCUT2D eigenvalue weighted by atomic mass is 35.5. The Kier molecular flexibility index (Phi) is 3.43. The van der Waals surface area contributed by atoms with E-state index < -0.39 is 0 Å². The Morgan fingerprint density at radius 1 is 1.28 bits per heavy atom. The van der Waals surface area contributed by atoms with Gasteiger partial charge in [0.05, 0.1) is 6.54 Å². The van der Waals surface area contributed by atoms with Crippen LogP contribution in [0.2, 0.25) is 5.02 Å². The molecule has 0 aromatic heterocycles. The average Bonchev–Trinajstić information content (AvgIpc) is 2.29. The van der Waals surface area contributed by atoms with E-state index in [1.165, 1.54) is 9.80 Å². The average molecular weight is 268 g/mol. The van der Waals surface area contributed by atoms with Gasteiger partial charge in [0.1, 0.15) is 6.54 Å². The summed E-state index contributed by atoms with van der Waals surface area (Å²) in [7, 11) is 1.62. The summed E-state index contributed by atoms with van der Waals surface area (Å²) in [5.41, 5.74) is 7.15. The first kappa shape index (κ1) is 12.7. The first-order chi connectivity index (χ1) is 8.47. The number of carbonyl (C=O) groups is 2. The van der Waals surface area contributed by atoms with Crippen molar-refractivity contribution in [1.29, 1.82) is 0 Å². The maximum absolute atomic E-state index is 11.8. The summed E-state index contributed by atoms with van der Waals surface area (Å²) in [5, 5.41) is 0.553. The van der Waals surface area contributed by atoms with Crippen molar-refractivity contribution in [2.24, 2.45) is 0 Å². The number of likely N-dealkylation sites (N-methyl/N-ethyl adjacent to an activating group) is 1. The zero-order valence-corrected chi connectivity index (χ0v) is 10.8. The van der Waals surface area contributed by atoms with Gasteiger partial charge in [0.2, 0.25) is 11.8 Å². The Morgan fingerprint density at radius 3 is 2.67 bits per heavy atom. The third-order valence-electron chi connectivity index (χ3n) is 2.95. The molecule has 0 bridgehead atoms. The zero-order chi connectivity index (χ0) is 13.3. The second-order valence-corrected chi connectivity index (χ2v) is 4.78. The summed E-state index contributed by atoms with van der Waals surface area (Å²) >= 11 is 5.81. The number of carbonyl (C=O) groups excluding carboxylic acids is 2. The third kappa shape index (κ3) is 2.56. The topological polar surface area (TPSA) is 66.6 Å². The minimum absolute atomic E-state index is 0.0675. The molecule has 0 aliphatic carbocycles. The normalized spacial score (nSPS) is 16.3. The maximum Gasteiger partial charge on any atom is 0.242 e. The minimum atomic E-state index is -0.0774. The van der Waals surface area contributed by atoms with Crippen LogP contribution < -0.4 is 5.73 Å². The Bertz CT molecular complexity index is 504. The van der Waals surface area contributed by atoms with E-state index in [1.54, 1.807) is 25.2 Å². The highest BCUT2D eigenvalue weighted by molar-refractivity contribution is 6.30. The van der Waals surface area contributed by atoms with Gasteiger partial charge in [0, 0.05) is 24.3 Å². The van der Waals surface area contributed by atoms with Gasteiger partial charge in [-0.15, -0.1) is 0 Å². The number of hydrogen-bond donors (Lipinski definition) is 1. The van der Waals surface area contributed by atoms with E-state index in [1.807, 2.05) is 0 Å². The molecule has 0 unspecified atom stereocenters. The Morgan fingerprint density at radius 2 is 2.00 bits per heavy atom. The lowest BCUT2D eigenvalue weighted by Gasteiger charge is -2.31. The number of rotatable bonds is 2. The van der Waals surface area contributed by atoms with Gasteiger partial charge >= 0.3 is 0 Å². The molecule has 1 aliphatic heterocycles. The van der Waals surface area contributed by atoms with Gasteiger partial charge in [0.15, 0.2) is 0 Å². The largest absolute Gasteiger partial charge is 0.398 e. The van der Waals surface area contributed by atoms with E-state index in [2.05, 4.69) is 0 Å². The van der Waals surface area contributed by atoms with Crippen LogP contribution in [0, 0.1) is 0 Å². The van der Waals surface area contributed by atoms with E-state index in [9.17, 15) is 9.59 Å². The molecule has 0 atom stereocenters. The summed E-state index contributed by atoms with van der Waals surface area (Å²) < 4.78 is 0. The van der Waals surface area contributed by atoms with Crippen molar-refractivity contribution in [3.05, 3.63) is 28.8 Å². The first-order valence-electron chi connectivity index (χ1n) is 5.53. The molecule has 2 rings (SSSR count). The molecule has 1 heterocycles. The van der Waals surface area contributed by atoms with Crippen molar-refractivity contribution >= 4 is 29.1 Å². The van der Waals surface area contributed by atoms with E-state index in [-0.39, 0.29) is 24.9 Å². The lowest BCUT2D eigenvalue weighted by molar-refractivity contribution is -0.149. The number of hydrogen-bond acceptors (Lipinski definition) is 3. The second kappa shape index (κ2) is 4.86. The van der Waals surface area contributed by atoms with Gasteiger partial charge in [-0.25, -0.2) is 0 Å². The monoisotopic (exact) mass is 267 g/mol. The molecule has 1 fully saturated rings. The molecule has 1 aromatic rings. The van der Waals surface area contributed by atoms with Crippen molar-refractivity contribution < 1.29 is 9.59 Å². The number of piperazine rings is 1. The van der Waals surface area contributed by atoms with Crippen LogP contribution in [-0.4, -0.2) is 41.8 Å². The minimum Gasteiger partial charge on any atom is -0.398 e. The summed E-state index contributed by atoms with van der Waals surface area (Å²) in [6, 6.07) is 5.13. The van der Waals surface area contributed by atoms with Crippen LogP contribution in [0.1, 0.15) is 5.56 Å². The fourth-order valence-electron chi connectivity index (χ4n) is 1.82. The third-order valence-corrected chi connectivity index (χ3v) is 3.18. The van der Waals surface area contributed by atoms with Crippen LogP contribution in [0.15, 0.2) is 18.2 Å². The predicted molar refractivity (Wildman–Crippen MR) is 68.9 cm³/mol. The van der Waals surface area contributed by atoms with Crippen LogP contribution in [-0.2, 0) is 16.1 Å². The molecule has 6 heteroatoms. The predicted octanol–water partition coefficient (Wildman–Crippen LogP) is 0.723. The smallest absolute Gasteiger partial charge is 0.242 e. The number of nitrogens with zero attached hydrogens (tertiary/aromatic N) is 2. The lowest BCUT2D eigenvalue weighted by atomic mass is 10.1. The standard InChI is InChI=1S/C12H14ClN3O2/c1-15-6-12(18)16(7-11(15)17)5-8-2-3-9(13)4-10(8)14/h2-4H,5-7,14H2,1H3. The molecule has 2 N–H and O–H groups in total. The number of anilines is 1. The van der Waals surface area contributed by atoms with Crippen molar-refractivity contribution in [2.75, 3.05) is 25.9 Å². The summed E-state index contributed by atoms with van der Waals surface area (Å²) in [6.45, 7) is 0.547. The van der Waals surface area contributed by atoms with Crippen molar-refractivity contribution in [3.8, 4) is 0 Å². The molecular formula is C12H14ClN3O2. The molecule has 0 saturated carbocycles.